The van der Waals surface area contributed by atoms with Crippen LogP contribution in [0.2, 0.25) is 0 Å². The maximum atomic E-state index is 11.0. The summed E-state index contributed by atoms with van der Waals surface area (Å²) >= 11 is 0. The molecule has 1 heterocycles. The van der Waals surface area contributed by atoms with Gasteiger partial charge in [0.25, 0.3) is 0 Å². The highest BCUT2D eigenvalue weighted by atomic mass is 16.5. The largest absolute Gasteiger partial charge is 0.466 e. The summed E-state index contributed by atoms with van der Waals surface area (Å²) in [5.74, 6) is -0.297. The lowest BCUT2D eigenvalue weighted by molar-refractivity contribution is -0.136. The fourth-order valence-electron chi connectivity index (χ4n) is 1.04. The number of carbonyl (C=O) groups is 1. The molecule has 76 valence electrons. The van der Waals surface area contributed by atoms with Gasteiger partial charge in [-0.25, -0.2) is 4.79 Å². The van der Waals surface area contributed by atoms with Gasteiger partial charge >= 0.3 is 5.97 Å². The number of aryl methyl sites for hydroxylation is 1. The molecule has 0 saturated carbocycles. The van der Waals surface area contributed by atoms with Gasteiger partial charge in [0.15, 0.2) is 0 Å². The molecule has 0 aliphatic heterocycles. The summed E-state index contributed by atoms with van der Waals surface area (Å²) < 4.78 is 6.33. The molecule has 0 saturated heterocycles. The minimum absolute atomic E-state index is 0.297. The van der Waals surface area contributed by atoms with E-state index in [-0.39, 0.29) is 5.97 Å². The number of rotatable bonds is 3. The minimum Gasteiger partial charge on any atom is -0.466 e. The van der Waals surface area contributed by atoms with E-state index in [0.717, 1.165) is 5.69 Å². The van der Waals surface area contributed by atoms with E-state index in [1.807, 2.05) is 19.2 Å². The average molecular weight is 194 g/mol. The van der Waals surface area contributed by atoms with Crippen molar-refractivity contribution in [1.82, 2.24) is 9.78 Å². The summed E-state index contributed by atoms with van der Waals surface area (Å²) in [6, 6.07) is 1.92. The molecule has 0 spiro atoms. The predicted octanol–water partition coefficient (Wildman–Crippen LogP) is 1.31. The molecule has 0 atom stereocenters. The Bertz CT molecular complexity index is 353. The summed E-state index contributed by atoms with van der Waals surface area (Å²) in [7, 11) is 1.37. The summed E-state index contributed by atoms with van der Waals surface area (Å²) in [5, 5.41) is 4.19. The molecular weight excluding hydrogens is 180 g/mol. The molecule has 0 unspecified atom stereocenters. The molecule has 0 N–H and O–H groups in total. The number of aromatic nitrogens is 2. The third-order valence-corrected chi connectivity index (χ3v) is 1.87. The molecule has 4 nitrogen and oxygen atoms in total. The Hall–Kier alpha value is -1.58. The van der Waals surface area contributed by atoms with Crippen molar-refractivity contribution >= 4 is 5.97 Å². The van der Waals surface area contributed by atoms with E-state index in [9.17, 15) is 4.79 Å². The van der Waals surface area contributed by atoms with Crippen molar-refractivity contribution in [3.63, 3.8) is 0 Å². The second kappa shape index (κ2) is 4.60. The maximum absolute atomic E-state index is 11.0. The zero-order valence-corrected chi connectivity index (χ0v) is 8.65. The Morgan fingerprint density at radius 2 is 2.43 bits per heavy atom. The third kappa shape index (κ3) is 2.73. The first-order valence-corrected chi connectivity index (χ1v) is 4.38. The molecular formula is C10H14N2O2. The van der Waals surface area contributed by atoms with Crippen LogP contribution in [-0.2, 0) is 16.1 Å². The first kappa shape index (κ1) is 10.5. The molecule has 0 aliphatic rings. The summed E-state index contributed by atoms with van der Waals surface area (Å²) in [5.41, 5.74) is 1.56. The molecule has 0 amide bonds. The van der Waals surface area contributed by atoms with Gasteiger partial charge in [-0.05, 0) is 19.9 Å². The van der Waals surface area contributed by atoms with Crippen LogP contribution in [0.25, 0.3) is 0 Å². The Balaban J connectivity index is 2.58. The van der Waals surface area contributed by atoms with Crippen LogP contribution in [-0.4, -0.2) is 22.9 Å². The number of hydrogen-bond acceptors (Lipinski definition) is 3. The highest BCUT2D eigenvalue weighted by molar-refractivity contribution is 5.87. The highest BCUT2D eigenvalue weighted by Gasteiger charge is 2.01. The normalized spacial score (nSPS) is 11.5. The van der Waals surface area contributed by atoms with Crippen molar-refractivity contribution in [2.24, 2.45) is 0 Å². The van der Waals surface area contributed by atoms with Gasteiger partial charge in [-0.2, -0.15) is 5.10 Å². The standard InChI is InChI=1S/C10H14N2O2/c1-8(10(13)14-3)4-6-12-7-5-9(2)11-12/h4-5,7H,6H2,1-3H3. The molecule has 4 heteroatoms. The highest BCUT2D eigenvalue weighted by Crippen LogP contribution is 1.98. The van der Waals surface area contributed by atoms with Gasteiger partial charge in [-0.1, -0.05) is 6.08 Å². The van der Waals surface area contributed by atoms with Gasteiger partial charge in [0.2, 0.25) is 0 Å². The van der Waals surface area contributed by atoms with Gasteiger partial charge in [-0.3, -0.25) is 4.68 Å². The van der Waals surface area contributed by atoms with Gasteiger partial charge in [0.05, 0.1) is 19.3 Å². The fraction of sp³-hybridized carbons (Fsp3) is 0.400. The second-order valence-corrected chi connectivity index (χ2v) is 3.06. The van der Waals surface area contributed by atoms with Crippen LogP contribution < -0.4 is 0 Å². The first-order valence-electron chi connectivity index (χ1n) is 4.38. The van der Waals surface area contributed by atoms with E-state index in [4.69, 9.17) is 0 Å². The van der Waals surface area contributed by atoms with Crippen molar-refractivity contribution in [3.8, 4) is 0 Å². The lowest BCUT2D eigenvalue weighted by atomic mass is 10.3. The van der Waals surface area contributed by atoms with Crippen molar-refractivity contribution in [2.45, 2.75) is 20.4 Å². The summed E-state index contributed by atoms with van der Waals surface area (Å²) in [6.07, 6.45) is 3.66. The van der Waals surface area contributed by atoms with E-state index < -0.39 is 0 Å². The molecule has 0 fully saturated rings. The van der Waals surface area contributed by atoms with Gasteiger partial charge in [-0.15, -0.1) is 0 Å². The SMILES string of the molecule is COC(=O)C(C)=CCn1ccc(C)n1. The molecule has 0 aromatic carbocycles. The number of hydrogen-bond donors (Lipinski definition) is 0. The number of allylic oxidation sites excluding steroid dienone is 1. The number of esters is 1. The van der Waals surface area contributed by atoms with Crippen LogP contribution in [0.3, 0.4) is 0 Å². The molecule has 14 heavy (non-hydrogen) atoms. The van der Waals surface area contributed by atoms with Crippen molar-refractivity contribution in [2.75, 3.05) is 7.11 Å². The Kier molecular flexibility index (Phi) is 3.45. The summed E-state index contributed by atoms with van der Waals surface area (Å²) in [6.45, 7) is 4.24. The van der Waals surface area contributed by atoms with Crippen molar-refractivity contribution < 1.29 is 9.53 Å². The van der Waals surface area contributed by atoms with E-state index in [0.29, 0.717) is 12.1 Å². The molecule has 0 radical (unpaired) electrons. The first-order chi connectivity index (χ1) is 6.63. The average Bonchev–Trinajstić information content (AvgIpc) is 2.59. The predicted molar refractivity (Wildman–Crippen MR) is 52.7 cm³/mol. The molecule has 1 aromatic rings. The zero-order valence-electron chi connectivity index (χ0n) is 8.65. The molecule has 0 aliphatic carbocycles. The van der Waals surface area contributed by atoms with Crippen LogP contribution in [0.1, 0.15) is 12.6 Å². The van der Waals surface area contributed by atoms with Crippen LogP contribution in [0.5, 0.6) is 0 Å². The van der Waals surface area contributed by atoms with Gasteiger partial charge < -0.3 is 4.74 Å². The molecule has 0 bridgehead atoms. The monoisotopic (exact) mass is 194 g/mol. The van der Waals surface area contributed by atoms with Crippen molar-refractivity contribution in [1.29, 1.82) is 0 Å². The van der Waals surface area contributed by atoms with Crippen LogP contribution in [0.4, 0.5) is 0 Å². The zero-order chi connectivity index (χ0) is 10.6. The number of nitrogens with zero attached hydrogens (tertiary/aromatic N) is 2. The van der Waals surface area contributed by atoms with E-state index in [1.54, 1.807) is 17.7 Å². The second-order valence-electron chi connectivity index (χ2n) is 3.06. The fourth-order valence-corrected chi connectivity index (χ4v) is 1.04. The molecule has 1 aromatic heterocycles. The minimum atomic E-state index is -0.297. The topological polar surface area (TPSA) is 44.1 Å². The number of methoxy groups -OCH3 is 1. The Morgan fingerprint density at radius 1 is 1.71 bits per heavy atom. The molecule has 1 rings (SSSR count). The van der Waals surface area contributed by atoms with Crippen LogP contribution >= 0.6 is 0 Å². The number of ether oxygens (including phenoxy) is 1. The number of carbonyl (C=O) groups excluding carboxylic acids is 1. The Labute approximate surface area is 83.2 Å². The van der Waals surface area contributed by atoms with E-state index in [1.165, 1.54) is 7.11 Å². The van der Waals surface area contributed by atoms with Gasteiger partial charge in [0.1, 0.15) is 0 Å². The quantitative estimate of drug-likeness (QED) is 0.538. The third-order valence-electron chi connectivity index (χ3n) is 1.87. The lowest BCUT2D eigenvalue weighted by Crippen LogP contribution is -2.04. The van der Waals surface area contributed by atoms with E-state index >= 15 is 0 Å². The van der Waals surface area contributed by atoms with Crippen molar-refractivity contribution in [3.05, 3.63) is 29.6 Å². The maximum Gasteiger partial charge on any atom is 0.333 e. The van der Waals surface area contributed by atoms with E-state index in [2.05, 4.69) is 9.84 Å². The summed E-state index contributed by atoms with van der Waals surface area (Å²) in [4.78, 5) is 11.0. The smallest absolute Gasteiger partial charge is 0.333 e. The van der Waals surface area contributed by atoms with Crippen LogP contribution in [0, 0.1) is 6.92 Å². The Morgan fingerprint density at radius 3 is 2.93 bits per heavy atom. The van der Waals surface area contributed by atoms with Gasteiger partial charge in [0, 0.05) is 11.8 Å². The lowest BCUT2D eigenvalue weighted by Gasteiger charge is -1.99. The van der Waals surface area contributed by atoms with Crippen LogP contribution in [0.15, 0.2) is 23.9 Å².